The second-order valence-electron chi connectivity index (χ2n) is 5.65. The summed E-state index contributed by atoms with van der Waals surface area (Å²) in [4.78, 5) is 12.2. The van der Waals surface area contributed by atoms with Crippen molar-refractivity contribution < 1.29 is 4.79 Å². The van der Waals surface area contributed by atoms with Crippen molar-refractivity contribution in [1.82, 2.24) is 5.32 Å². The van der Waals surface area contributed by atoms with Gasteiger partial charge in [-0.15, -0.1) is 6.58 Å². The first kappa shape index (κ1) is 14.7. The van der Waals surface area contributed by atoms with Crippen molar-refractivity contribution in [2.24, 2.45) is 0 Å². The summed E-state index contributed by atoms with van der Waals surface area (Å²) in [6.07, 6.45) is 2.63. The van der Waals surface area contributed by atoms with Crippen molar-refractivity contribution in [3.05, 3.63) is 48.6 Å². The normalized spacial score (nSPS) is 12.8. The van der Waals surface area contributed by atoms with E-state index in [4.69, 9.17) is 0 Å². The molecule has 0 aliphatic heterocycles. The highest BCUT2D eigenvalue weighted by Gasteiger charge is 2.31. The summed E-state index contributed by atoms with van der Waals surface area (Å²) >= 11 is 0. The average Bonchev–Trinajstić information content (AvgIpc) is 2.33. The fraction of sp³-hybridized carbons (Fsp3) is 0.400. The van der Waals surface area contributed by atoms with Crippen LogP contribution in [0.25, 0.3) is 0 Å². The molecule has 0 aliphatic rings. The number of hydrogen-bond donors (Lipinski definition) is 1. The first-order valence-electron chi connectivity index (χ1n) is 6.37. The highest BCUT2D eigenvalue weighted by Crippen LogP contribution is 2.26. The van der Waals surface area contributed by atoms with Gasteiger partial charge in [0.05, 0.1) is 8.07 Å². The van der Waals surface area contributed by atoms with E-state index in [2.05, 4.69) is 31.5 Å². The third kappa shape index (κ3) is 4.49. The van der Waals surface area contributed by atoms with Gasteiger partial charge in [0, 0.05) is 12.1 Å². The van der Waals surface area contributed by atoms with Crippen LogP contribution in [0.2, 0.25) is 25.2 Å². The van der Waals surface area contributed by atoms with Crippen molar-refractivity contribution in [3.8, 4) is 0 Å². The second kappa shape index (κ2) is 6.54. The van der Waals surface area contributed by atoms with Crippen molar-refractivity contribution >= 4 is 14.0 Å². The molecular weight excluding hydrogens is 238 g/mol. The van der Waals surface area contributed by atoms with Gasteiger partial charge in [-0.25, -0.2) is 0 Å². The molecule has 0 aromatic heterocycles. The molecule has 1 amide bonds. The third-order valence-corrected chi connectivity index (χ3v) is 5.66. The van der Waals surface area contributed by atoms with Crippen LogP contribution in [0.5, 0.6) is 0 Å². The van der Waals surface area contributed by atoms with Crippen LogP contribution >= 0.6 is 0 Å². The second-order valence-corrected chi connectivity index (χ2v) is 11.1. The highest BCUT2D eigenvalue weighted by molar-refractivity contribution is 6.80. The van der Waals surface area contributed by atoms with Crippen LogP contribution in [0.3, 0.4) is 0 Å². The highest BCUT2D eigenvalue weighted by atomic mass is 28.3. The fourth-order valence-corrected chi connectivity index (χ4v) is 3.69. The number of nitrogens with one attached hydrogen (secondary N) is 1. The van der Waals surface area contributed by atoms with Gasteiger partial charge in [-0.3, -0.25) is 4.79 Å². The maximum atomic E-state index is 12.2. The molecule has 0 radical (unpaired) electrons. The Hall–Kier alpha value is -1.35. The lowest BCUT2D eigenvalue weighted by Gasteiger charge is -2.26. The number of hydrogen-bond acceptors (Lipinski definition) is 1. The zero-order valence-corrected chi connectivity index (χ0v) is 12.6. The van der Waals surface area contributed by atoms with Crippen LogP contribution in [0.15, 0.2) is 43.0 Å². The standard InChI is InChI=1S/C15H23NOSi/c1-5-9-14(18(2,3)4)15(17)16-12-13-10-7-6-8-11-13/h5-8,10-11,14H,1,9,12H2,2-4H3,(H,16,17). The Labute approximate surface area is 111 Å². The molecule has 2 nitrogen and oxygen atoms in total. The van der Waals surface area contributed by atoms with Gasteiger partial charge < -0.3 is 5.32 Å². The van der Waals surface area contributed by atoms with Crippen molar-refractivity contribution in [2.45, 2.75) is 38.1 Å². The quantitative estimate of drug-likeness (QED) is 0.615. The summed E-state index contributed by atoms with van der Waals surface area (Å²) in [6, 6.07) is 10.0. The van der Waals surface area contributed by atoms with Gasteiger partial charge in [0.15, 0.2) is 0 Å². The molecule has 3 heteroatoms. The summed E-state index contributed by atoms with van der Waals surface area (Å²) in [5.41, 5.74) is 1.25. The smallest absolute Gasteiger partial charge is 0.220 e. The Kier molecular flexibility index (Phi) is 5.35. The van der Waals surface area contributed by atoms with Gasteiger partial charge in [0.25, 0.3) is 0 Å². The first-order valence-corrected chi connectivity index (χ1v) is 9.95. The molecule has 1 atom stereocenters. The largest absolute Gasteiger partial charge is 0.352 e. The molecule has 0 fully saturated rings. The van der Waals surface area contributed by atoms with Crippen molar-refractivity contribution in [3.63, 3.8) is 0 Å². The molecule has 98 valence electrons. The minimum absolute atomic E-state index is 0.110. The maximum Gasteiger partial charge on any atom is 0.220 e. The molecule has 18 heavy (non-hydrogen) atoms. The Morgan fingerprint density at radius 2 is 1.94 bits per heavy atom. The Bertz CT molecular complexity index is 395. The lowest BCUT2D eigenvalue weighted by molar-refractivity contribution is -0.121. The van der Waals surface area contributed by atoms with E-state index in [9.17, 15) is 4.79 Å². The van der Waals surface area contributed by atoms with Gasteiger partial charge in [-0.1, -0.05) is 56.0 Å². The van der Waals surface area contributed by atoms with Gasteiger partial charge in [-0.05, 0) is 12.0 Å². The van der Waals surface area contributed by atoms with Crippen molar-refractivity contribution in [1.29, 1.82) is 0 Å². The van der Waals surface area contributed by atoms with E-state index >= 15 is 0 Å². The summed E-state index contributed by atoms with van der Waals surface area (Å²) in [6.45, 7) is 11.0. The van der Waals surface area contributed by atoms with Crippen LogP contribution in [-0.4, -0.2) is 14.0 Å². The van der Waals surface area contributed by atoms with E-state index in [0.717, 1.165) is 12.0 Å². The molecule has 1 N–H and O–H groups in total. The van der Waals surface area contributed by atoms with E-state index in [-0.39, 0.29) is 11.4 Å². The summed E-state index contributed by atoms with van der Waals surface area (Å²) in [5, 5.41) is 3.04. The van der Waals surface area contributed by atoms with E-state index in [1.807, 2.05) is 36.4 Å². The number of rotatable bonds is 6. The minimum atomic E-state index is -1.49. The van der Waals surface area contributed by atoms with Crippen LogP contribution < -0.4 is 5.32 Å². The Morgan fingerprint density at radius 3 is 2.44 bits per heavy atom. The third-order valence-electron chi connectivity index (χ3n) is 3.07. The number of carbonyl (C=O) groups is 1. The molecule has 0 aliphatic carbocycles. The molecule has 1 rings (SSSR count). The molecule has 0 saturated heterocycles. The number of amides is 1. The maximum absolute atomic E-state index is 12.2. The molecule has 0 spiro atoms. The minimum Gasteiger partial charge on any atom is -0.352 e. The molecular formula is C15H23NOSi. The molecule has 0 saturated carbocycles. The predicted octanol–water partition coefficient (Wildman–Crippen LogP) is 3.59. The lowest BCUT2D eigenvalue weighted by Crippen LogP contribution is -2.39. The van der Waals surface area contributed by atoms with Gasteiger partial charge in [-0.2, -0.15) is 0 Å². The fourth-order valence-electron chi connectivity index (χ4n) is 1.93. The summed E-state index contributed by atoms with van der Waals surface area (Å²) in [5.74, 6) is 0.165. The molecule has 0 bridgehead atoms. The topological polar surface area (TPSA) is 29.1 Å². The van der Waals surface area contributed by atoms with Crippen molar-refractivity contribution in [2.75, 3.05) is 0 Å². The van der Waals surface area contributed by atoms with E-state index < -0.39 is 8.07 Å². The Morgan fingerprint density at radius 1 is 1.33 bits per heavy atom. The predicted molar refractivity (Wildman–Crippen MR) is 80.2 cm³/mol. The average molecular weight is 261 g/mol. The van der Waals surface area contributed by atoms with E-state index in [1.54, 1.807) is 0 Å². The van der Waals surface area contributed by atoms with Gasteiger partial charge in [0.2, 0.25) is 5.91 Å². The van der Waals surface area contributed by atoms with E-state index in [1.165, 1.54) is 0 Å². The van der Waals surface area contributed by atoms with Gasteiger partial charge in [0.1, 0.15) is 0 Å². The summed E-state index contributed by atoms with van der Waals surface area (Å²) < 4.78 is 0. The molecule has 1 aromatic rings. The summed E-state index contributed by atoms with van der Waals surface area (Å²) in [7, 11) is -1.49. The van der Waals surface area contributed by atoms with Gasteiger partial charge >= 0.3 is 0 Å². The zero-order valence-electron chi connectivity index (χ0n) is 11.6. The lowest BCUT2D eigenvalue weighted by atomic mass is 10.2. The Balaban J connectivity index is 2.60. The zero-order chi connectivity index (χ0) is 13.6. The number of carbonyl (C=O) groups excluding carboxylic acids is 1. The van der Waals surface area contributed by atoms with Crippen LogP contribution in [0.1, 0.15) is 12.0 Å². The SMILES string of the molecule is C=CCC(C(=O)NCc1ccccc1)[Si](C)(C)C. The number of benzene rings is 1. The number of allylic oxidation sites excluding steroid dienone is 1. The van der Waals surface area contributed by atoms with Crippen LogP contribution in [0.4, 0.5) is 0 Å². The van der Waals surface area contributed by atoms with Crippen LogP contribution in [-0.2, 0) is 11.3 Å². The van der Waals surface area contributed by atoms with E-state index in [0.29, 0.717) is 6.54 Å². The molecule has 1 unspecified atom stereocenters. The first-order chi connectivity index (χ1) is 8.45. The molecule has 1 aromatic carbocycles. The van der Waals surface area contributed by atoms with Crippen LogP contribution in [0, 0.1) is 0 Å². The molecule has 0 heterocycles. The monoisotopic (exact) mass is 261 g/mol.